The summed E-state index contributed by atoms with van der Waals surface area (Å²) in [4.78, 5) is 4.42. The lowest BCUT2D eigenvalue weighted by Crippen LogP contribution is -2.19. The van der Waals surface area contributed by atoms with E-state index in [9.17, 15) is 0 Å². The molecule has 0 spiro atoms. The summed E-state index contributed by atoms with van der Waals surface area (Å²) in [6, 6.07) is 7.96. The average Bonchev–Trinajstić information content (AvgIpc) is 2.27. The molecule has 0 aliphatic carbocycles. The number of rotatable bonds is 5. The molecule has 1 N–H and O–H groups in total. The van der Waals surface area contributed by atoms with Gasteiger partial charge in [0, 0.05) is 7.11 Å². The number of methoxy groups -OCH3 is 1. The van der Waals surface area contributed by atoms with Crippen molar-refractivity contribution in [1.29, 1.82) is 0 Å². The van der Waals surface area contributed by atoms with Crippen molar-refractivity contribution in [3.05, 3.63) is 35.4 Å². The summed E-state index contributed by atoms with van der Waals surface area (Å²) in [5.74, 6) is 0. The molecule has 0 atom stereocenters. The Bertz CT molecular complexity index is 290. The fraction of sp³-hybridized carbons (Fsp3) is 0.500. The van der Waals surface area contributed by atoms with Gasteiger partial charge in [0.2, 0.25) is 0 Å². The Morgan fingerprint density at radius 1 is 1.20 bits per heavy atom. The molecule has 0 saturated carbocycles. The van der Waals surface area contributed by atoms with E-state index in [0.29, 0.717) is 0 Å². The lowest BCUT2D eigenvalue weighted by atomic mass is 9.97. The highest BCUT2D eigenvalue weighted by molar-refractivity contribution is 5.26. The van der Waals surface area contributed by atoms with E-state index >= 15 is 0 Å². The molecule has 84 valence electrons. The normalized spacial score (nSPS) is 11.7. The van der Waals surface area contributed by atoms with Crippen molar-refractivity contribution in [2.45, 2.75) is 25.9 Å². The molecule has 0 aliphatic rings. The third-order valence-electron chi connectivity index (χ3n) is 2.47. The van der Waals surface area contributed by atoms with Gasteiger partial charge in [0.25, 0.3) is 0 Å². The van der Waals surface area contributed by atoms with Gasteiger partial charge in [-0.2, -0.15) is 0 Å². The van der Waals surface area contributed by atoms with Crippen molar-refractivity contribution in [2.24, 2.45) is 0 Å². The molecule has 1 aromatic carbocycles. The lowest BCUT2D eigenvalue weighted by Gasteiger charge is -2.21. The van der Waals surface area contributed by atoms with Gasteiger partial charge >= 0.3 is 0 Å². The summed E-state index contributed by atoms with van der Waals surface area (Å²) in [5.41, 5.74) is 1.51. The van der Waals surface area contributed by atoms with Crippen molar-refractivity contribution >= 4 is 0 Å². The highest BCUT2D eigenvalue weighted by Gasteiger charge is 2.20. The van der Waals surface area contributed by atoms with Crippen LogP contribution in [-0.4, -0.2) is 19.0 Å². The molecular formula is C12H18O3. The molecule has 0 saturated heterocycles. The predicted octanol–water partition coefficient (Wildman–Crippen LogP) is 2.60. The van der Waals surface area contributed by atoms with Crippen molar-refractivity contribution in [2.75, 3.05) is 13.7 Å². The maximum atomic E-state index is 8.74. The van der Waals surface area contributed by atoms with Crippen LogP contribution in [0.3, 0.4) is 0 Å². The van der Waals surface area contributed by atoms with Gasteiger partial charge in [-0.15, -0.1) is 0 Å². The van der Waals surface area contributed by atoms with Crippen molar-refractivity contribution in [3.63, 3.8) is 0 Å². The average molecular weight is 210 g/mol. The highest BCUT2D eigenvalue weighted by atomic mass is 17.1. The largest absolute Gasteiger partial charge is 0.384 e. The third kappa shape index (κ3) is 3.30. The van der Waals surface area contributed by atoms with Crippen LogP contribution in [0.5, 0.6) is 0 Å². The molecule has 15 heavy (non-hydrogen) atoms. The van der Waals surface area contributed by atoms with Crippen molar-refractivity contribution in [3.8, 4) is 0 Å². The Balaban J connectivity index is 2.72. The van der Waals surface area contributed by atoms with E-state index in [1.807, 2.05) is 38.1 Å². The molecular weight excluding hydrogens is 192 g/mol. The van der Waals surface area contributed by atoms with Crippen LogP contribution in [0.15, 0.2) is 24.3 Å². The van der Waals surface area contributed by atoms with Crippen LogP contribution in [0.25, 0.3) is 0 Å². The number of hydrogen-bond acceptors (Lipinski definition) is 3. The third-order valence-corrected chi connectivity index (χ3v) is 2.47. The van der Waals surface area contributed by atoms with E-state index in [2.05, 4.69) is 4.89 Å². The molecule has 0 radical (unpaired) electrons. The van der Waals surface area contributed by atoms with Gasteiger partial charge in [0.15, 0.2) is 0 Å². The summed E-state index contributed by atoms with van der Waals surface area (Å²) < 4.78 is 5.00. The fourth-order valence-electron chi connectivity index (χ4n) is 1.35. The van der Waals surface area contributed by atoms with E-state index in [0.717, 1.165) is 18.6 Å². The smallest absolute Gasteiger partial charge is 0.123 e. The molecule has 0 aromatic heterocycles. The molecule has 1 aromatic rings. The summed E-state index contributed by atoms with van der Waals surface area (Å²) in [6.07, 6.45) is 0.900. The van der Waals surface area contributed by atoms with E-state index in [1.54, 1.807) is 7.11 Å². The van der Waals surface area contributed by atoms with E-state index < -0.39 is 5.60 Å². The lowest BCUT2D eigenvalue weighted by molar-refractivity contribution is -0.318. The predicted molar refractivity (Wildman–Crippen MR) is 58.8 cm³/mol. The zero-order valence-corrected chi connectivity index (χ0v) is 9.49. The van der Waals surface area contributed by atoms with E-state index in [4.69, 9.17) is 9.99 Å². The molecule has 0 unspecified atom stereocenters. The summed E-state index contributed by atoms with van der Waals surface area (Å²) in [6.45, 7) is 4.35. The summed E-state index contributed by atoms with van der Waals surface area (Å²) in [7, 11) is 1.69. The Hall–Kier alpha value is -0.900. The highest BCUT2D eigenvalue weighted by Crippen LogP contribution is 2.23. The van der Waals surface area contributed by atoms with Gasteiger partial charge in [0.05, 0.1) is 6.61 Å². The van der Waals surface area contributed by atoms with Gasteiger partial charge < -0.3 is 4.74 Å². The van der Waals surface area contributed by atoms with Crippen molar-refractivity contribution < 1.29 is 14.9 Å². The van der Waals surface area contributed by atoms with Crippen LogP contribution in [0, 0.1) is 0 Å². The van der Waals surface area contributed by atoms with E-state index in [1.165, 1.54) is 5.56 Å². The maximum Gasteiger partial charge on any atom is 0.123 e. The first-order valence-electron chi connectivity index (χ1n) is 5.01. The second-order valence-electron chi connectivity index (χ2n) is 4.04. The molecule has 0 amide bonds. The number of benzene rings is 1. The van der Waals surface area contributed by atoms with Crippen LogP contribution in [-0.2, 0) is 21.6 Å². The van der Waals surface area contributed by atoms with Gasteiger partial charge in [-0.3, -0.25) is 5.26 Å². The Morgan fingerprint density at radius 2 is 1.80 bits per heavy atom. The molecule has 1 rings (SSSR count). The monoisotopic (exact) mass is 210 g/mol. The van der Waals surface area contributed by atoms with Crippen LogP contribution in [0.1, 0.15) is 25.0 Å². The quantitative estimate of drug-likeness (QED) is 0.599. The van der Waals surface area contributed by atoms with Crippen LogP contribution < -0.4 is 0 Å². The molecule has 0 heterocycles. The first kappa shape index (κ1) is 12.2. The Labute approximate surface area is 90.6 Å². The molecule has 0 bridgehead atoms. The van der Waals surface area contributed by atoms with Gasteiger partial charge in [0.1, 0.15) is 5.60 Å². The molecule has 0 aliphatic heterocycles. The summed E-state index contributed by atoms with van der Waals surface area (Å²) in [5, 5.41) is 8.74. The van der Waals surface area contributed by atoms with Crippen LogP contribution in [0.2, 0.25) is 0 Å². The minimum atomic E-state index is -0.653. The second-order valence-corrected chi connectivity index (χ2v) is 4.04. The summed E-state index contributed by atoms with van der Waals surface area (Å²) >= 11 is 0. The number of ether oxygens (including phenoxy) is 1. The van der Waals surface area contributed by atoms with Gasteiger partial charge in [-0.05, 0) is 31.4 Å². The first-order chi connectivity index (χ1) is 7.10. The second kappa shape index (κ2) is 5.26. The standard InChI is InChI=1S/C12H18O3/c1-12(2,15-13)11-6-4-10(5-7-11)8-9-14-3/h4-7,13H,8-9H2,1-3H3. The minimum Gasteiger partial charge on any atom is -0.384 e. The fourth-order valence-corrected chi connectivity index (χ4v) is 1.35. The first-order valence-corrected chi connectivity index (χ1v) is 5.01. The Kier molecular flexibility index (Phi) is 4.27. The van der Waals surface area contributed by atoms with Gasteiger partial charge in [-0.25, -0.2) is 4.89 Å². The molecule has 0 fully saturated rings. The zero-order valence-electron chi connectivity index (χ0n) is 9.49. The zero-order chi connectivity index (χ0) is 11.3. The maximum absolute atomic E-state index is 8.74. The van der Waals surface area contributed by atoms with Crippen LogP contribution in [0.4, 0.5) is 0 Å². The SMILES string of the molecule is COCCc1ccc(C(C)(C)OO)cc1. The molecule has 3 heteroatoms. The Morgan fingerprint density at radius 3 is 2.27 bits per heavy atom. The van der Waals surface area contributed by atoms with Crippen molar-refractivity contribution in [1.82, 2.24) is 0 Å². The molecule has 3 nitrogen and oxygen atoms in total. The topological polar surface area (TPSA) is 38.7 Å². The van der Waals surface area contributed by atoms with E-state index in [-0.39, 0.29) is 0 Å². The minimum absolute atomic E-state index is 0.653. The van der Waals surface area contributed by atoms with Gasteiger partial charge in [-0.1, -0.05) is 24.3 Å². The number of hydrogen-bond donors (Lipinski definition) is 1. The van der Waals surface area contributed by atoms with Crippen LogP contribution >= 0.6 is 0 Å².